The van der Waals surface area contributed by atoms with Gasteiger partial charge in [0.25, 0.3) is 11.8 Å². The van der Waals surface area contributed by atoms with Crippen LogP contribution in [0.25, 0.3) is 0 Å². The first-order valence-electron chi connectivity index (χ1n) is 26.6. The van der Waals surface area contributed by atoms with Gasteiger partial charge in [-0.2, -0.15) is 0 Å². The quantitative estimate of drug-likeness (QED) is 0.0503. The number of carbonyl (C=O) groups is 4. The largest absolute Gasteiger partial charge is 0.493 e. The van der Waals surface area contributed by atoms with Gasteiger partial charge in [-0.3, -0.25) is 34.1 Å². The van der Waals surface area contributed by atoms with E-state index in [1.165, 1.54) is 25.4 Å². The number of hydrogen-bond donors (Lipinski definition) is 2. The summed E-state index contributed by atoms with van der Waals surface area (Å²) in [6.45, 7) is 14.0. The fraction of sp³-hybridized carbons (Fsp3) is 0.526. The standard InChI is InChI=1S/C57H75N7O14S/c1-8-38-22-42-30-59-47-28-51(49(70-6)26-45(47)55(68)63(42)32-38)77-34-40-24-44(25-41(61-40)35-78-52-29-48-46(27-50(52)71-7)56(69)64-33-39(9-2)23-43(64)31-60-48)76-15-12-62(5)37-57(3,4)79-36-53(65)58-11-14-73-17-19-75-21-20-74-18-16-72-13-10-54(66)67/h8-9,24-31,42-43H,10-23,32-37H2,1-7H3,(H,58,65)(H,66,67)/b38-8+,39-9+/t42-,43?/m0/s1. The van der Waals surface area contributed by atoms with E-state index in [1.807, 2.05) is 55.3 Å². The highest BCUT2D eigenvalue weighted by Crippen LogP contribution is 2.41. The number of pyridine rings is 1. The molecule has 22 heteroatoms. The first-order chi connectivity index (χ1) is 38.2. The zero-order valence-corrected chi connectivity index (χ0v) is 47.2. The maximum absolute atomic E-state index is 13.8. The average Bonchev–Trinajstić information content (AvgIpc) is 4.08. The number of rotatable bonds is 32. The van der Waals surface area contributed by atoms with Crippen molar-refractivity contribution >= 4 is 59.3 Å². The van der Waals surface area contributed by atoms with E-state index in [2.05, 4.69) is 36.2 Å². The fourth-order valence-electron chi connectivity index (χ4n) is 9.27. The molecule has 5 heterocycles. The van der Waals surface area contributed by atoms with Gasteiger partial charge in [0.1, 0.15) is 25.6 Å². The van der Waals surface area contributed by atoms with Crippen LogP contribution in [0.15, 0.2) is 69.7 Å². The van der Waals surface area contributed by atoms with Crippen molar-refractivity contribution in [3.8, 4) is 28.7 Å². The van der Waals surface area contributed by atoms with E-state index >= 15 is 0 Å². The van der Waals surface area contributed by atoms with Crippen molar-refractivity contribution in [2.45, 2.75) is 77.0 Å². The third-order valence-corrected chi connectivity index (χ3v) is 14.7. The summed E-state index contributed by atoms with van der Waals surface area (Å²) in [7, 11) is 5.07. The number of aliphatic imine (C=N–C) groups is 2. The Hall–Kier alpha value is -6.56. The molecule has 4 aliphatic rings. The number of thioether (sulfide) groups is 1. The zero-order valence-electron chi connectivity index (χ0n) is 46.4. The maximum Gasteiger partial charge on any atom is 0.305 e. The van der Waals surface area contributed by atoms with Crippen LogP contribution in [0.4, 0.5) is 11.4 Å². The normalized spacial score (nSPS) is 17.6. The van der Waals surface area contributed by atoms with E-state index in [0.717, 1.165) is 12.8 Å². The van der Waals surface area contributed by atoms with Gasteiger partial charge in [0, 0.05) is 74.2 Å². The van der Waals surface area contributed by atoms with Crippen molar-refractivity contribution in [2.75, 3.05) is 119 Å². The Labute approximate surface area is 466 Å². The lowest BCUT2D eigenvalue weighted by Gasteiger charge is -2.29. The number of aliphatic carboxylic acids is 1. The molecule has 4 aliphatic heterocycles. The number of carbonyl (C=O) groups excluding carboxylic acids is 3. The van der Waals surface area contributed by atoms with Gasteiger partial charge in [-0.05, 0) is 59.7 Å². The van der Waals surface area contributed by atoms with Gasteiger partial charge in [-0.1, -0.05) is 23.3 Å². The number of likely N-dealkylation sites (N-methyl/N-ethyl adjacent to an activating group) is 1. The highest BCUT2D eigenvalue weighted by Gasteiger charge is 2.36. The lowest BCUT2D eigenvalue weighted by molar-refractivity contribution is -0.138. The third-order valence-electron chi connectivity index (χ3n) is 13.4. The van der Waals surface area contributed by atoms with Crippen molar-refractivity contribution in [3.05, 3.63) is 82.2 Å². The minimum atomic E-state index is -0.897. The molecule has 3 amide bonds. The van der Waals surface area contributed by atoms with Crippen molar-refractivity contribution in [1.82, 2.24) is 25.0 Å². The highest BCUT2D eigenvalue weighted by atomic mass is 32.2. The Morgan fingerprint density at radius 2 is 1.20 bits per heavy atom. The summed E-state index contributed by atoms with van der Waals surface area (Å²) in [5.41, 5.74) is 5.32. The van der Waals surface area contributed by atoms with Crippen LogP contribution >= 0.6 is 11.8 Å². The Morgan fingerprint density at radius 1 is 0.709 bits per heavy atom. The van der Waals surface area contributed by atoms with Crippen molar-refractivity contribution in [2.24, 2.45) is 9.98 Å². The molecule has 7 rings (SSSR count). The van der Waals surface area contributed by atoms with Crippen LogP contribution < -0.4 is 29.0 Å². The van der Waals surface area contributed by atoms with Crippen molar-refractivity contribution in [1.29, 1.82) is 0 Å². The molecule has 428 valence electrons. The predicted molar refractivity (Wildman–Crippen MR) is 300 cm³/mol. The minimum absolute atomic E-state index is 0.0126. The first kappa shape index (κ1) is 60.1. The summed E-state index contributed by atoms with van der Waals surface area (Å²) in [4.78, 5) is 70.9. The lowest BCUT2D eigenvalue weighted by atomic mass is 10.1. The number of aromatic nitrogens is 1. The molecule has 0 radical (unpaired) electrons. The molecular weight excluding hydrogens is 1040 g/mol. The summed E-state index contributed by atoms with van der Waals surface area (Å²) < 4.78 is 52.1. The van der Waals surface area contributed by atoms with Crippen LogP contribution in [-0.4, -0.2) is 197 Å². The number of ether oxygens (including phenoxy) is 9. The minimum Gasteiger partial charge on any atom is -0.493 e. The number of methoxy groups -OCH3 is 2. The molecule has 0 spiro atoms. The molecule has 2 N–H and O–H groups in total. The summed E-state index contributed by atoms with van der Waals surface area (Å²) in [5, 5.41) is 11.5. The van der Waals surface area contributed by atoms with Crippen LogP contribution in [0.1, 0.15) is 79.1 Å². The number of nitrogens with one attached hydrogen (secondary N) is 1. The molecule has 1 aromatic heterocycles. The molecule has 0 bridgehead atoms. The smallest absolute Gasteiger partial charge is 0.305 e. The zero-order chi connectivity index (χ0) is 56.3. The Morgan fingerprint density at radius 3 is 1.68 bits per heavy atom. The van der Waals surface area contributed by atoms with Crippen LogP contribution in [0.5, 0.6) is 28.7 Å². The van der Waals surface area contributed by atoms with Gasteiger partial charge in [0.2, 0.25) is 5.91 Å². The molecule has 1 unspecified atom stereocenters. The van der Waals surface area contributed by atoms with Gasteiger partial charge >= 0.3 is 5.97 Å². The summed E-state index contributed by atoms with van der Waals surface area (Å²) in [5.74, 6) is 1.17. The summed E-state index contributed by atoms with van der Waals surface area (Å²) >= 11 is 1.57. The van der Waals surface area contributed by atoms with Gasteiger partial charge < -0.3 is 67.8 Å². The van der Waals surface area contributed by atoms with E-state index in [0.29, 0.717) is 148 Å². The van der Waals surface area contributed by atoms with E-state index in [-0.39, 0.29) is 66.5 Å². The van der Waals surface area contributed by atoms with Crippen LogP contribution in [-0.2, 0) is 41.8 Å². The fourth-order valence-corrected chi connectivity index (χ4v) is 10.2. The number of carboxylic acid groups (broad SMARTS) is 1. The number of benzene rings is 2. The molecule has 2 fully saturated rings. The van der Waals surface area contributed by atoms with Crippen LogP contribution in [0.2, 0.25) is 0 Å². The third kappa shape index (κ3) is 17.5. The average molecular weight is 1110 g/mol. The summed E-state index contributed by atoms with van der Waals surface area (Å²) in [6, 6.07) is 10.2. The molecule has 2 atom stereocenters. The van der Waals surface area contributed by atoms with Crippen LogP contribution in [0.3, 0.4) is 0 Å². The van der Waals surface area contributed by atoms with Gasteiger partial charge in [-0.25, -0.2) is 0 Å². The second kappa shape index (κ2) is 29.6. The number of fused-ring (bicyclic) bond motifs is 4. The van der Waals surface area contributed by atoms with Crippen molar-refractivity contribution < 1.29 is 66.9 Å². The molecule has 2 saturated heterocycles. The van der Waals surface area contributed by atoms with E-state index in [4.69, 9.17) is 62.7 Å². The number of hydrogen-bond acceptors (Lipinski definition) is 18. The number of carboxylic acids is 1. The molecule has 2 aromatic carbocycles. The Balaban J connectivity index is 0.924. The lowest BCUT2D eigenvalue weighted by Crippen LogP contribution is -2.38. The predicted octanol–water partition coefficient (Wildman–Crippen LogP) is 6.49. The topological polar surface area (TPSA) is 231 Å². The Kier molecular flexibility index (Phi) is 22.5. The Bertz CT molecular complexity index is 2600. The van der Waals surface area contributed by atoms with Gasteiger partial charge in [0.05, 0.1) is 125 Å². The molecule has 3 aromatic rings. The SMILES string of the molecule is C/C=C1\CC2C=Nc3cc(OCc4cc(OCCN(C)CC(C)(C)SCC(=O)NCCOCCOCCOCCOCCC(=O)O)cc(COc5cc6c(cc5OC)C(=O)N5C/C(=C/C)C[C@H]5C=N6)n4)c(OC)cc3C(=O)N2C1. The monoisotopic (exact) mass is 1110 g/mol. The highest BCUT2D eigenvalue weighted by molar-refractivity contribution is 8.01. The molecular formula is C57H75N7O14S. The number of allylic oxidation sites excluding steroid dienone is 2. The first-order valence-corrected chi connectivity index (χ1v) is 27.6. The summed E-state index contributed by atoms with van der Waals surface area (Å²) in [6.07, 6.45) is 9.20. The van der Waals surface area contributed by atoms with E-state index in [9.17, 15) is 19.2 Å². The van der Waals surface area contributed by atoms with Gasteiger partial charge in [0.15, 0.2) is 23.0 Å². The molecule has 79 heavy (non-hydrogen) atoms. The number of nitrogens with zero attached hydrogens (tertiary/aromatic N) is 6. The van der Waals surface area contributed by atoms with Crippen molar-refractivity contribution in [3.63, 3.8) is 0 Å². The molecule has 0 saturated carbocycles. The molecule has 21 nitrogen and oxygen atoms in total. The molecule has 0 aliphatic carbocycles. The number of amides is 3. The second-order valence-electron chi connectivity index (χ2n) is 19.8. The van der Waals surface area contributed by atoms with E-state index < -0.39 is 5.97 Å². The van der Waals surface area contributed by atoms with Gasteiger partial charge in [-0.15, -0.1) is 11.8 Å². The van der Waals surface area contributed by atoms with E-state index in [1.54, 1.807) is 36.0 Å². The van der Waals surface area contributed by atoms with Crippen LogP contribution in [0, 0.1) is 0 Å². The maximum atomic E-state index is 13.8. The second-order valence-corrected chi connectivity index (χ2v) is 21.5.